The summed E-state index contributed by atoms with van der Waals surface area (Å²) in [5.41, 5.74) is 3.86. The molecule has 1 unspecified atom stereocenters. The molecular formula is C27H23N5O2. The van der Waals surface area contributed by atoms with Gasteiger partial charge in [0.05, 0.1) is 11.8 Å². The van der Waals surface area contributed by atoms with E-state index < -0.39 is 6.04 Å². The van der Waals surface area contributed by atoms with Gasteiger partial charge in [0.15, 0.2) is 0 Å². The van der Waals surface area contributed by atoms with Crippen molar-refractivity contribution in [3.05, 3.63) is 120 Å². The van der Waals surface area contributed by atoms with Crippen molar-refractivity contribution >= 4 is 29.0 Å². The van der Waals surface area contributed by atoms with Crippen molar-refractivity contribution in [3.8, 4) is 0 Å². The van der Waals surface area contributed by atoms with Gasteiger partial charge in [-0.2, -0.15) is 5.10 Å². The van der Waals surface area contributed by atoms with E-state index in [4.69, 9.17) is 0 Å². The zero-order valence-corrected chi connectivity index (χ0v) is 18.5. The predicted molar refractivity (Wildman–Crippen MR) is 133 cm³/mol. The molecule has 168 valence electrons. The van der Waals surface area contributed by atoms with Crippen molar-refractivity contribution < 1.29 is 9.59 Å². The van der Waals surface area contributed by atoms with E-state index in [2.05, 4.69) is 21.0 Å². The third kappa shape index (κ3) is 4.06. The number of carbonyl (C=O) groups is 2. The van der Waals surface area contributed by atoms with Crippen molar-refractivity contribution in [1.82, 2.24) is 9.78 Å². The van der Waals surface area contributed by atoms with Crippen LogP contribution in [0.25, 0.3) is 0 Å². The Morgan fingerprint density at radius 3 is 1.91 bits per heavy atom. The molecule has 0 spiro atoms. The molecule has 5 rings (SSSR count). The molecule has 1 aromatic heterocycles. The molecule has 1 aliphatic heterocycles. The van der Waals surface area contributed by atoms with Crippen LogP contribution in [0, 0.1) is 0 Å². The summed E-state index contributed by atoms with van der Waals surface area (Å²) in [5.74, 6) is 0.0225. The lowest BCUT2D eigenvalue weighted by molar-refractivity contribution is -0.113. The van der Waals surface area contributed by atoms with E-state index in [0.717, 1.165) is 5.56 Å². The maximum absolute atomic E-state index is 13.4. The van der Waals surface area contributed by atoms with Gasteiger partial charge in [-0.1, -0.05) is 66.7 Å². The van der Waals surface area contributed by atoms with Gasteiger partial charge in [-0.25, -0.2) is 4.68 Å². The number of allylic oxidation sites excluding steroid dienone is 1. The highest BCUT2D eigenvalue weighted by Gasteiger charge is 2.35. The number of nitrogens with one attached hydrogen (secondary N) is 3. The first kappa shape index (κ1) is 21.2. The molecule has 1 atom stereocenters. The van der Waals surface area contributed by atoms with E-state index in [0.29, 0.717) is 34.0 Å². The number of aromatic nitrogens is 2. The summed E-state index contributed by atoms with van der Waals surface area (Å²) in [7, 11) is 0. The molecule has 0 bridgehead atoms. The summed E-state index contributed by atoms with van der Waals surface area (Å²) in [5, 5.41) is 13.7. The molecule has 0 fully saturated rings. The molecule has 0 radical (unpaired) electrons. The largest absolute Gasteiger partial charge is 0.343 e. The van der Waals surface area contributed by atoms with Crippen molar-refractivity contribution in [2.24, 2.45) is 0 Å². The number of benzene rings is 3. The number of fused-ring (bicyclic) bond motifs is 1. The zero-order valence-electron chi connectivity index (χ0n) is 18.5. The van der Waals surface area contributed by atoms with Crippen LogP contribution in [0.1, 0.15) is 28.9 Å². The first-order chi connectivity index (χ1) is 16.6. The molecule has 0 saturated carbocycles. The number of hydrogen-bond acceptors (Lipinski definition) is 4. The summed E-state index contributed by atoms with van der Waals surface area (Å²) in [6.45, 7) is 1.84. The van der Waals surface area contributed by atoms with Gasteiger partial charge in [0.2, 0.25) is 0 Å². The van der Waals surface area contributed by atoms with Crippen molar-refractivity contribution in [2.45, 2.75) is 13.0 Å². The number of hydrogen-bond donors (Lipinski definition) is 3. The fourth-order valence-electron chi connectivity index (χ4n) is 4.10. The average molecular weight is 450 g/mol. The first-order valence-corrected chi connectivity index (χ1v) is 10.9. The number of carbonyl (C=O) groups excluding carboxylic acids is 2. The summed E-state index contributed by atoms with van der Waals surface area (Å²) >= 11 is 0. The van der Waals surface area contributed by atoms with E-state index in [1.165, 1.54) is 6.20 Å². The summed E-state index contributed by atoms with van der Waals surface area (Å²) < 4.78 is 1.70. The minimum atomic E-state index is -0.501. The number of anilines is 3. The SMILES string of the molecule is CC1=C(C(=O)Nc2ccccc2)C(c2ccccc2)n2ncc(C(=O)Nc3ccccc3)c2N1. The minimum absolute atomic E-state index is 0.235. The highest BCUT2D eigenvalue weighted by molar-refractivity contribution is 6.09. The Morgan fingerprint density at radius 1 is 0.794 bits per heavy atom. The molecule has 7 nitrogen and oxygen atoms in total. The van der Waals surface area contributed by atoms with Crippen LogP contribution in [0.3, 0.4) is 0 Å². The Kier molecular flexibility index (Phi) is 5.66. The lowest BCUT2D eigenvalue weighted by atomic mass is 9.94. The number of amides is 2. The molecule has 34 heavy (non-hydrogen) atoms. The van der Waals surface area contributed by atoms with Crippen LogP contribution >= 0.6 is 0 Å². The van der Waals surface area contributed by atoms with Crippen molar-refractivity contribution in [3.63, 3.8) is 0 Å². The van der Waals surface area contributed by atoms with Gasteiger partial charge in [-0.3, -0.25) is 9.59 Å². The number of nitrogens with zero attached hydrogens (tertiary/aromatic N) is 2. The van der Waals surface area contributed by atoms with Gasteiger partial charge in [0.1, 0.15) is 17.4 Å². The smallest absolute Gasteiger partial charge is 0.261 e. The predicted octanol–water partition coefficient (Wildman–Crippen LogP) is 5.06. The van der Waals surface area contributed by atoms with Crippen LogP contribution in [0.15, 0.2) is 108 Å². The van der Waals surface area contributed by atoms with Gasteiger partial charge in [-0.15, -0.1) is 0 Å². The molecule has 0 aliphatic carbocycles. The number of para-hydroxylation sites is 2. The standard InChI is InChI=1S/C27H23N5O2/c1-18-23(27(34)31-21-15-9-4-10-16-21)24(19-11-5-2-6-12-19)32-25(29-18)22(17-28-32)26(33)30-20-13-7-3-8-14-20/h2-17,24,29H,1H3,(H,30,33)(H,31,34). The Bertz CT molecular complexity index is 1360. The quantitative estimate of drug-likeness (QED) is 0.397. The first-order valence-electron chi connectivity index (χ1n) is 10.9. The van der Waals surface area contributed by atoms with E-state index >= 15 is 0 Å². The monoisotopic (exact) mass is 449 g/mol. The number of rotatable bonds is 5. The Balaban J connectivity index is 1.53. The fraction of sp³-hybridized carbons (Fsp3) is 0.0741. The van der Waals surface area contributed by atoms with Gasteiger partial charge in [0, 0.05) is 17.1 Å². The zero-order chi connectivity index (χ0) is 23.5. The van der Waals surface area contributed by atoms with Crippen LogP contribution in [0.4, 0.5) is 17.2 Å². The summed E-state index contributed by atoms with van der Waals surface area (Å²) in [6.07, 6.45) is 1.53. The van der Waals surface area contributed by atoms with Crippen LogP contribution in [-0.4, -0.2) is 21.6 Å². The van der Waals surface area contributed by atoms with Gasteiger partial charge in [-0.05, 0) is 36.8 Å². The highest BCUT2D eigenvalue weighted by atomic mass is 16.2. The molecule has 7 heteroatoms. The molecule has 3 N–H and O–H groups in total. The normalized spacial score (nSPS) is 14.7. The summed E-state index contributed by atoms with van der Waals surface area (Å²) in [6, 6.07) is 27.7. The van der Waals surface area contributed by atoms with Crippen LogP contribution in [0.2, 0.25) is 0 Å². The lowest BCUT2D eigenvalue weighted by Gasteiger charge is -2.30. The van der Waals surface area contributed by atoms with E-state index in [9.17, 15) is 9.59 Å². The van der Waals surface area contributed by atoms with E-state index in [1.54, 1.807) is 4.68 Å². The average Bonchev–Trinajstić information content (AvgIpc) is 3.28. The molecule has 3 aromatic carbocycles. The Hall–Kier alpha value is -4.65. The van der Waals surface area contributed by atoms with Crippen LogP contribution in [-0.2, 0) is 4.79 Å². The molecule has 0 saturated heterocycles. The molecule has 2 amide bonds. The molecule has 1 aliphatic rings. The van der Waals surface area contributed by atoms with Gasteiger partial charge in [0.25, 0.3) is 11.8 Å². The third-order valence-electron chi connectivity index (χ3n) is 5.69. The second kappa shape index (κ2) is 9.07. The van der Waals surface area contributed by atoms with E-state index in [1.807, 2.05) is 97.9 Å². The Labute approximate surface area is 197 Å². The summed E-state index contributed by atoms with van der Waals surface area (Å²) in [4.78, 5) is 26.5. The van der Waals surface area contributed by atoms with E-state index in [-0.39, 0.29) is 11.8 Å². The molecule has 4 aromatic rings. The molecular weight excluding hydrogens is 426 g/mol. The maximum Gasteiger partial charge on any atom is 0.261 e. The van der Waals surface area contributed by atoms with Gasteiger partial charge >= 0.3 is 0 Å². The van der Waals surface area contributed by atoms with Crippen LogP contribution < -0.4 is 16.0 Å². The Morgan fingerprint density at radius 2 is 1.32 bits per heavy atom. The lowest BCUT2D eigenvalue weighted by Crippen LogP contribution is -2.32. The topological polar surface area (TPSA) is 88.0 Å². The van der Waals surface area contributed by atoms with Crippen molar-refractivity contribution in [1.29, 1.82) is 0 Å². The van der Waals surface area contributed by atoms with Gasteiger partial charge < -0.3 is 16.0 Å². The highest BCUT2D eigenvalue weighted by Crippen LogP contribution is 2.37. The second-order valence-electron chi connectivity index (χ2n) is 7.97. The second-order valence-corrected chi connectivity index (χ2v) is 7.97. The fourth-order valence-corrected chi connectivity index (χ4v) is 4.10. The van der Waals surface area contributed by atoms with Crippen molar-refractivity contribution in [2.75, 3.05) is 16.0 Å². The molecule has 2 heterocycles. The van der Waals surface area contributed by atoms with Crippen LogP contribution in [0.5, 0.6) is 0 Å². The maximum atomic E-state index is 13.4. The minimum Gasteiger partial charge on any atom is -0.343 e. The third-order valence-corrected chi connectivity index (χ3v) is 5.69.